The average Bonchev–Trinajstić information content (AvgIpc) is 2.48. The molecule has 1 aromatic carbocycles. The van der Waals surface area contributed by atoms with Crippen molar-refractivity contribution in [3.8, 4) is 0 Å². The number of Topliss-reactive ketones (excluding diaryl/α,β-unsaturated/α-hetero) is 1. The van der Waals surface area contributed by atoms with Crippen molar-refractivity contribution in [2.45, 2.75) is 68.4 Å². The molecule has 0 spiro atoms. The van der Waals surface area contributed by atoms with Gasteiger partial charge < -0.3 is 5.32 Å². The molecule has 0 saturated carbocycles. The van der Waals surface area contributed by atoms with E-state index in [1.165, 1.54) is 0 Å². The third-order valence-corrected chi connectivity index (χ3v) is 4.45. The molecule has 142 valence electrons. The van der Waals surface area contributed by atoms with Gasteiger partial charge in [-0.25, -0.2) is 0 Å². The monoisotopic (exact) mass is 347 g/mol. The summed E-state index contributed by atoms with van der Waals surface area (Å²) < 4.78 is 0. The van der Waals surface area contributed by atoms with Crippen LogP contribution in [0.2, 0.25) is 0 Å². The number of benzene rings is 1. The minimum absolute atomic E-state index is 0. The van der Waals surface area contributed by atoms with E-state index >= 15 is 0 Å². The Hall–Kier alpha value is -1.64. The number of carbonyl (C=O) groups excluding carboxylic acids is 2. The molecule has 1 amide bonds. The maximum Gasteiger partial charge on any atom is 0.224 e. The van der Waals surface area contributed by atoms with Crippen LogP contribution in [0, 0.1) is 23.2 Å². The molecule has 0 aliphatic carbocycles. The van der Waals surface area contributed by atoms with Crippen molar-refractivity contribution < 1.29 is 9.59 Å². The zero-order chi connectivity index (χ0) is 18.5. The lowest BCUT2D eigenvalue weighted by molar-refractivity contribution is -0.134. The lowest BCUT2D eigenvalue weighted by Crippen LogP contribution is -2.52. The molecule has 3 heteroatoms. The SMILES string of the molecule is C.CC(C)C(=O)[C@@H](NC(=O)[C@H](Cc1ccccc1)C(C)C)C(C)(C)C. The highest BCUT2D eigenvalue weighted by Crippen LogP contribution is 2.24. The van der Waals surface area contributed by atoms with E-state index < -0.39 is 6.04 Å². The normalized spacial score (nSPS) is 14.0. The fraction of sp³-hybridized carbons (Fsp3) is 0.636. The minimum atomic E-state index is -0.456. The summed E-state index contributed by atoms with van der Waals surface area (Å²) in [5.41, 5.74) is 0.847. The van der Waals surface area contributed by atoms with Gasteiger partial charge in [-0.1, -0.05) is 86.2 Å². The van der Waals surface area contributed by atoms with Gasteiger partial charge in [-0.2, -0.15) is 0 Å². The number of carbonyl (C=O) groups is 2. The molecule has 0 radical (unpaired) electrons. The van der Waals surface area contributed by atoms with E-state index in [4.69, 9.17) is 0 Å². The lowest BCUT2D eigenvalue weighted by Gasteiger charge is -2.33. The van der Waals surface area contributed by atoms with Crippen LogP contribution in [0.15, 0.2) is 30.3 Å². The molecule has 0 bridgehead atoms. The Balaban J connectivity index is 0.00000576. The van der Waals surface area contributed by atoms with Crippen molar-refractivity contribution in [2.24, 2.45) is 23.2 Å². The molecule has 1 rings (SSSR count). The third kappa shape index (κ3) is 7.01. The number of rotatable bonds is 7. The van der Waals surface area contributed by atoms with Crippen LogP contribution in [-0.2, 0) is 16.0 Å². The molecular weight excluding hydrogens is 310 g/mol. The predicted molar refractivity (Wildman–Crippen MR) is 106 cm³/mol. The summed E-state index contributed by atoms with van der Waals surface area (Å²) in [4.78, 5) is 25.5. The van der Waals surface area contributed by atoms with Gasteiger partial charge in [-0.3, -0.25) is 9.59 Å². The quantitative estimate of drug-likeness (QED) is 0.763. The Bertz CT molecular complexity index is 541. The molecule has 1 N–H and O–H groups in total. The highest BCUT2D eigenvalue weighted by Gasteiger charge is 2.35. The van der Waals surface area contributed by atoms with Gasteiger partial charge in [-0.05, 0) is 23.3 Å². The third-order valence-electron chi connectivity index (χ3n) is 4.45. The Labute approximate surface area is 154 Å². The van der Waals surface area contributed by atoms with E-state index in [0.717, 1.165) is 5.56 Å². The largest absolute Gasteiger partial charge is 0.345 e. The predicted octanol–water partition coefficient (Wildman–Crippen LogP) is 4.89. The smallest absolute Gasteiger partial charge is 0.224 e. The molecule has 0 heterocycles. The Morgan fingerprint density at radius 3 is 1.92 bits per heavy atom. The first kappa shape index (κ1) is 23.4. The van der Waals surface area contributed by atoms with Crippen molar-refractivity contribution in [3.63, 3.8) is 0 Å². The molecular formula is C22H37NO2. The van der Waals surface area contributed by atoms with Crippen LogP contribution in [-0.4, -0.2) is 17.7 Å². The highest BCUT2D eigenvalue weighted by molar-refractivity contribution is 5.91. The van der Waals surface area contributed by atoms with Gasteiger partial charge in [0.2, 0.25) is 5.91 Å². The van der Waals surface area contributed by atoms with Crippen LogP contribution in [0.1, 0.15) is 61.5 Å². The zero-order valence-corrected chi connectivity index (χ0v) is 16.2. The van der Waals surface area contributed by atoms with Crippen LogP contribution >= 0.6 is 0 Å². The molecule has 0 unspecified atom stereocenters. The van der Waals surface area contributed by atoms with Gasteiger partial charge in [-0.15, -0.1) is 0 Å². The van der Waals surface area contributed by atoms with Crippen LogP contribution in [0.25, 0.3) is 0 Å². The molecule has 0 saturated heterocycles. The summed E-state index contributed by atoms with van der Waals surface area (Å²) in [5.74, 6) is 0.0409. The fourth-order valence-corrected chi connectivity index (χ4v) is 2.80. The highest BCUT2D eigenvalue weighted by atomic mass is 16.2. The van der Waals surface area contributed by atoms with E-state index in [2.05, 4.69) is 19.2 Å². The second-order valence-corrected chi connectivity index (χ2v) is 8.40. The van der Waals surface area contributed by atoms with Crippen LogP contribution < -0.4 is 5.32 Å². The Kier molecular flexibility index (Phi) is 9.10. The number of hydrogen-bond donors (Lipinski definition) is 1. The average molecular weight is 348 g/mol. The molecule has 0 aliphatic rings. The standard InChI is InChI=1S/C21H33NO2.CH4/c1-14(2)17(13-16-11-9-8-10-12-16)20(24)22-19(21(5,6)7)18(23)15(3)4;/h8-12,14-15,17,19H,13H2,1-7H3,(H,22,24);1H4/t17-,19-;/m1./s1. The van der Waals surface area contributed by atoms with E-state index in [-0.39, 0.29) is 42.3 Å². The van der Waals surface area contributed by atoms with Crippen LogP contribution in [0.4, 0.5) is 0 Å². The maximum absolute atomic E-state index is 12.9. The summed E-state index contributed by atoms with van der Waals surface area (Å²) in [6, 6.07) is 9.59. The van der Waals surface area contributed by atoms with E-state index in [9.17, 15) is 9.59 Å². The second kappa shape index (κ2) is 9.74. The molecule has 0 aromatic heterocycles. The summed E-state index contributed by atoms with van der Waals surface area (Å²) in [5, 5.41) is 3.05. The minimum Gasteiger partial charge on any atom is -0.345 e. The number of ketones is 1. The molecule has 1 aromatic rings. The van der Waals surface area contributed by atoms with Crippen LogP contribution in [0.5, 0.6) is 0 Å². The topological polar surface area (TPSA) is 46.2 Å². The maximum atomic E-state index is 12.9. The van der Waals surface area contributed by atoms with Gasteiger partial charge in [0.05, 0.1) is 6.04 Å². The zero-order valence-electron chi connectivity index (χ0n) is 16.2. The number of hydrogen-bond acceptors (Lipinski definition) is 2. The van der Waals surface area contributed by atoms with Crippen LogP contribution in [0.3, 0.4) is 0 Å². The molecule has 0 aliphatic heterocycles. The second-order valence-electron chi connectivity index (χ2n) is 8.40. The number of amides is 1. The van der Waals surface area contributed by atoms with Crippen molar-refractivity contribution in [3.05, 3.63) is 35.9 Å². The van der Waals surface area contributed by atoms with Crippen molar-refractivity contribution in [1.29, 1.82) is 0 Å². The summed E-state index contributed by atoms with van der Waals surface area (Å²) >= 11 is 0. The van der Waals surface area contributed by atoms with Gasteiger partial charge in [0.15, 0.2) is 5.78 Å². The van der Waals surface area contributed by atoms with E-state index in [1.54, 1.807) is 0 Å². The van der Waals surface area contributed by atoms with Gasteiger partial charge >= 0.3 is 0 Å². The van der Waals surface area contributed by atoms with Gasteiger partial charge in [0.1, 0.15) is 0 Å². The molecule has 0 fully saturated rings. The Morgan fingerprint density at radius 1 is 1.00 bits per heavy atom. The molecule has 3 nitrogen and oxygen atoms in total. The Morgan fingerprint density at radius 2 is 1.52 bits per heavy atom. The van der Waals surface area contributed by atoms with Gasteiger partial charge in [0.25, 0.3) is 0 Å². The summed E-state index contributed by atoms with van der Waals surface area (Å²) in [6.07, 6.45) is 0.692. The molecule has 25 heavy (non-hydrogen) atoms. The number of nitrogens with one attached hydrogen (secondary N) is 1. The lowest BCUT2D eigenvalue weighted by atomic mass is 9.80. The van der Waals surface area contributed by atoms with Crippen molar-refractivity contribution in [2.75, 3.05) is 0 Å². The first-order valence-electron chi connectivity index (χ1n) is 8.92. The summed E-state index contributed by atoms with van der Waals surface area (Å²) in [7, 11) is 0. The molecule has 2 atom stereocenters. The van der Waals surface area contributed by atoms with Crippen molar-refractivity contribution in [1.82, 2.24) is 5.32 Å². The summed E-state index contributed by atoms with van der Waals surface area (Å²) in [6.45, 7) is 13.9. The first-order valence-corrected chi connectivity index (χ1v) is 8.92. The van der Waals surface area contributed by atoms with Gasteiger partial charge in [0, 0.05) is 11.8 Å². The van der Waals surface area contributed by atoms with Crippen molar-refractivity contribution >= 4 is 11.7 Å². The fourth-order valence-electron chi connectivity index (χ4n) is 2.80. The van der Waals surface area contributed by atoms with E-state index in [0.29, 0.717) is 6.42 Å². The van der Waals surface area contributed by atoms with E-state index in [1.807, 2.05) is 65.0 Å². The first-order chi connectivity index (χ1) is 11.0.